The molecule has 2 aromatic heterocycles. The Morgan fingerprint density at radius 1 is 0.864 bits per heavy atom. The van der Waals surface area contributed by atoms with Crippen LogP contribution in [-0.4, -0.2) is 27.9 Å². The molecule has 0 spiro atoms. The van der Waals surface area contributed by atoms with Crippen molar-refractivity contribution in [3.63, 3.8) is 0 Å². The zero-order valence-electron chi connectivity index (χ0n) is 10.7. The fraction of sp³-hybridized carbons (Fsp3) is 0. The van der Waals surface area contributed by atoms with Crippen LogP contribution in [0.1, 0.15) is 0 Å². The average Bonchev–Trinajstić information content (AvgIpc) is 3.05. The molecule has 0 saturated heterocycles. The zero-order chi connectivity index (χ0) is 14.7. The van der Waals surface area contributed by atoms with E-state index in [1.165, 1.54) is 0 Å². The van der Waals surface area contributed by atoms with E-state index < -0.39 is 40.7 Å². The molecule has 0 saturated carbocycles. The third kappa shape index (κ3) is 2.01. The summed E-state index contributed by atoms with van der Waals surface area (Å²) < 4.78 is 63.4. The van der Waals surface area contributed by atoms with Crippen LogP contribution in [0.2, 0.25) is 0 Å². The third-order valence-corrected chi connectivity index (χ3v) is 3.08. The van der Waals surface area contributed by atoms with Crippen molar-refractivity contribution in [3.05, 3.63) is 17.7 Å². The Bertz CT molecular complexity index is 1020. The van der Waals surface area contributed by atoms with Crippen LogP contribution in [0.15, 0.2) is 9.26 Å². The van der Waals surface area contributed by atoms with Crippen LogP contribution in [0.25, 0.3) is 32.8 Å². The summed E-state index contributed by atoms with van der Waals surface area (Å²) in [5, 5.41) is 12.3. The maximum atomic E-state index is 14.4. The van der Waals surface area contributed by atoms with Gasteiger partial charge in [-0.15, -0.1) is 11.2 Å². The number of hydrogen-bond donors (Lipinski definition) is 0. The molecule has 4 rings (SSSR count). The van der Waals surface area contributed by atoms with E-state index in [-0.39, 0.29) is 67.9 Å². The molecule has 6 nitrogen and oxygen atoms in total. The van der Waals surface area contributed by atoms with E-state index in [0.717, 1.165) is 0 Å². The smallest absolute Gasteiger partial charge is 0.281 e. The van der Waals surface area contributed by atoms with Crippen molar-refractivity contribution in [1.29, 1.82) is 0 Å². The Hall–Kier alpha value is -1.08. The van der Waals surface area contributed by atoms with Gasteiger partial charge >= 0.3 is 58.7 Å². The summed E-state index contributed by atoms with van der Waals surface area (Å²) in [6.45, 7) is 0. The first-order chi connectivity index (χ1) is 10.1. The molecule has 0 atom stereocenters. The molecule has 0 radical (unpaired) electrons. The maximum absolute atomic E-state index is 14.4. The first-order valence-electron chi connectivity index (χ1n) is 5.48. The molecule has 22 heavy (non-hydrogen) atoms. The van der Waals surface area contributed by atoms with Gasteiger partial charge < -0.3 is 0 Å². The van der Waals surface area contributed by atoms with E-state index in [1.54, 1.807) is 0 Å². The second-order valence-corrected chi connectivity index (χ2v) is 4.14. The first-order valence-corrected chi connectivity index (χ1v) is 5.48. The van der Waals surface area contributed by atoms with E-state index in [9.17, 15) is 17.4 Å². The number of hydrogen-bond acceptors (Lipinski definition) is 6. The van der Waals surface area contributed by atoms with Crippen LogP contribution in [0.3, 0.4) is 0 Å². The second kappa shape index (κ2) is 5.53. The molecular weight excluding hydrogens is 334 g/mol. The van der Waals surface area contributed by atoms with Crippen molar-refractivity contribution in [2.24, 2.45) is 0 Å². The Labute approximate surface area is 160 Å². The van der Waals surface area contributed by atoms with E-state index in [1.807, 2.05) is 0 Å². The molecule has 0 aliphatic heterocycles. The molecule has 0 fully saturated rings. The minimum atomic E-state index is -3.20. The summed E-state index contributed by atoms with van der Waals surface area (Å²) in [7, 11) is -3.20. The summed E-state index contributed by atoms with van der Waals surface area (Å²) in [4.78, 5) is 0. The fourth-order valence-corrected chi connectivity index (χ4v) is 2.23. The Morgan fingerprint density at radius 3 is 2.23 bits per heavy atom. The zero-order valence-corrected chi connectivity index (χ0v) is 13.8. The number of aromatic nitrogens is 4. The summed E-state index contributed by atoms with van der Waals surface area (Å²) in [6, 6.07) is 2.17. The van der Waals surface area contributed by atoms with Crippen molar-refractivity contribution in [3.8, 4) is 0 Å². The molecule has 12 heteroatoms. The van der Waals surface area contributed by atoms with Crippen molar-refractivity contribution in [2.75, 3.05) is 0 Å². The van der Waals surface area contributed by atoms with Gasteiger partial charge in [-0.1, -0.05) is 26.2 Å². The number of fused-ring (bicyclic) bond motifs is 5. The van der Waals surface area contributed by atoms with E-state index in [0.29, 0.717) is 0 Å². The van der Waals surface area contributed by atoms with Crippen LogP contribution in [0.5, 0.6) is 0 Å². The first kappa shape index (κ1) is 15.8. The fourth-order valence-electron chi connectivity index (χ4n) is 2.23. The van der Waals surface area contributed by atoms with Crippen molar-refractivity contribution >= 4 is 45.6 Å². The Kier molecular flexibility index (Phi) is 3.97. The molecule has 2 aromatic carbocycles. The summed E-state index contributed by atoms with van der Waals surface area (Å²) in [5.74, 6) is -2.43. The number of nitrogens with zero attached hydrogens (tertiary/aromatic N) is 4. The van der Waals surface area contributed by atoms with Gasteiger partial charge in [-0.2, -0.15) is 0 Å². The number of halogens is 4. The van der Waals surface area contributed by atoms with Gasteiger partial charge in [0.05, 0.1) is 11.0 Å². The summed E-state index contributed by atoms with van der Waals surface area (Å²) in [5.41, 5.74) is -2.42. The molecule has 0 amide bonds. The molecule has 0 aliphatic rings. The predicted octanol–water partition coefficient (Wildman–Crippen LogP) is -1.37. The standard InChI is InChI=1S/C10BF4N4O2.K/c12-2-1-3-8(17-20-16-3)5-4(2)9-10(19-21-18-9)6(7(5)13)11(14)15;/q-1;+1. The van der Waals surface area contributed by atoms with Crippen LogP contribution in [0, 0.1) is 17.7 Å². The Morgan fingerprint density at radius 2 is 1.50 bits per heavy atom. The second-order valence-electron chi connectivity index (χ2n) is 4.14. The monoisotopic (exact) mass is 334 g/mol. The van der Waals surface area contributed by atoms with Gasteiger partial charge in [-0.25, -0.2) is 13.4 Å². The van der Waals surface area contributed by atoms with Gasteiger partial charge in [0, 0.05) is 16.9 Å². The van der Waals surface area contributed by atoms with Crippen LogP contribution in [0.4, 0.5) is 17.4 Å². The van der Waals surface area contributed by atoms with Crippen molar-refractivity contribution in [2.45, 2.75) is 0 Å². The average molecular weight is 334 g/mol. The SMILES string of the molecule is FB(F)c1c(F)c2c3nonc3[c-]c(F)c2c2nonc12.[K+]. The van der Waals surface area contributed by atoms with Gasteiger partial charge in [0.25, 0.3) is 0 Å². The molecule has 0 bridgehead atoms. The normalized spacial score (nSPS) is 11.3. The predicted molar refractivity (Wildman–Crippen MR) is 61.0 cm³/mol. The molecule has 0 N–H and O–H groups in total. The van der Waals surface area contributed by atoms with Crippen molar-refractivity contribution in [1.82, 2.24) is 20.6 Å². The Balaban J connectivity index is 0.00000144. The van der Waals surface area contributed by atoms with Crippen LogP contribution >= 0.6 is 0 Å². The third-order valence-electron chi connectivity index (χ3n) is 3.08. The molecule has 0 aliphatic carbocycles. The van der Waals surface area contributed by atoms with Crippen molar-refractivity contribution < 1.29 is 78.1 Å². The minimum absolute atomic E-state index is 0. The van der Waals surface area contributed by atoms with Gasteiger partial charge in [-0.3, -0.25) is 13.3 Å². The quantitative estimate of drug-likeness (QED) is 0.243. The van der Waals surface area contributed by atoms with E-state index >= 15 is 0 Å². The van der Waals surface area contributed by atoms with E-state index in [2.05, 4.69) is 36.0 Å². The van der Waals surface area contributed by atoms with Crippen LogP contribution in [-0.2, 0) is 0 Å². The van der Waals surface area contributed by atoms with E-state index in [4.69, 9.17) is 0 Å². The van der Waals surface area contributed by atoms with Gasteiger partial charge in [-0.05, 0) is 0 Å². The van der Waals surface area contributed by atoms with Gasteiger partial charge in [0.1, 0.15) is 11.3 Å². The minimum Gasteiger partial charge on any atom is -0.281 e. The molecule has 104 valence electrons. The largest absolute Gasteiger partial charge is 1.00 e. The summed E-state index contributed by atoms with van der Waals surface area (Å²) in [6.07, 6.45) is 0. The number of benzene rings is 2. The van der Waals surface area contributed by atoms with Gasteiger partial charge in [0.15, 0.2) is 0 Å². The maximum Gasteiger partial charge on any atom is 1.00 e. The van der Waals surface area contributed by atoms with Crippen LogP contribution < -0.4 is 56.8 Å². The van der Waals surface area contributed by atoms with Gasteiger partial charge in [0.2, 0.25) is 0 Å². The topological polar surface area (TPSA) is 77.8 Å². The molecule has 2 heterocycles. The molecule has 4 aromatic rings. The number of rotatable bonds is 1. The summed E-state index contributed by atoms with van der Waals surface area (Å²) >= 11 is 0. The molecular formula is C10BF4KN4O2. The molecule has 0 unspecified atom stereocenters.